The van der Waals surface area contributed by atoms with Crippen LogP contribution in [0.25, 0.3) is 0 Å². The van der Waals surface area contributed by atoms with Crippen LogP contribution in [0.3, 0.4) is 0 Å². The van der Waals surface area contributed by atoms with E-state index >= 15 is 0 Å². The molecule has 1 atom stereocenters. The van der Waals surface area contributed by atoms with Crippen LogP contribution in [0, 0.1) is 0 Å². The molecule has 0 spiro atoms. The first-order valence-electron chi connectivity index (χ1n) is 4.69. The standard InChI is InChI=1S/C12H13NS/c13-12(9-11-7-4-8-14-11)10-5-2-1-3-6-10/h1-8,12H,9,13H2. The summed E-state index contributed by atoms with van der Waals surface area (Å²) in [5, 5.41) is 2.09. The second-order valence-corrected chi connectivity index (χ2v) is 4.33. The summed E-state index contributed by atoms with van der Waals surface area (Å²) in [5.41, 5.74) is 7.30. The Bertz CT molecular complexity index is 366. The molecule has 0 bridgehead atoms. The summed E-state index contributed by atoms with van der Waals surface area (Å²) in [7, 11) is 0. The molecule has 1 unspecified atom stereocenters. The fraction of sp³-hybridized carbons (Fsp3) is 0.167. The highest BCUT2D eigenvalue weighted by Gasteiger charge is 2.06. The van der Waals surface area contributed by atoms with Crippen molar-refractivity contribution in [3.8, 4) is 0 Å². The van der Waals surface area contributed by atoms with Gasteiger partial charge in [0, 0.05) is 17.3 Å². The third kappa shape index (κ3) is 2.22. The number of thiophene rings is 1. The van der Waals surface area contributed by atoms with Crippen LogP contribution in [0.5, 0.6) is 0 Å². The smallest absolute Gasteiger partial charge is 0.0343 e. The van der Waals surface area contributed by atoms with Crippen molar-refractivity contribution in [2.45, 2.75) is 12.5 Å². The largest absolute Gasteiger partial charge is 0.324 e. The minimum atomic E-state index is 0.120. The molecule has 2 rings (SSSR count). The average molecular weight is 203 g/mol. The van der Waals surface area contributed by atoms with Gasteiger partial charge in [0.15, 0.2) is 0 Å². The summed E-state index contributed by atoms with van der Waals surface area (Å²) in [6, 6.07) is 14.6. The molecule has 1 aromatic heterocycles. The normalized spacial score (nSPS) is 12.6. The Morgan fingerprint density at radius 3 is 2.50 bits per heavy atom. The van der Waals surface area contributed by atoms with Gasteiger partial charge < -0.3 is 5.73 Å². The molecule has 72 valence electrons. The lowest BCUT2D eigenvalue weighted by Gasteiger charge is -2.09. The molecule has 0 saturated carbocycles. The summed E-state index contributed by atoms with van der Waals surface area (Å²) in [4.78, 5) is 1.35. The first-order valence-corrected chi connectivity index (χ1v) is 5.57. The van der Waals surface area contributed by atoms with Gasteiger partial charge in [-0.15, -0.1) is 11.3 Å². The van der Waals surface area contributed by atoms with Crippen LogP contribution in [0.4, 0.5) is 0 Å². The Kier molecular flexibility index (Phi) is 2.96. The van der Waals surface area contributed by atoms with Crippen LogP contribution in [0.2, 0.25) is 0 Å². The lowest BCUT2D eigenvalue weighted by atomic mass is 10.0. The molecule has 0 aliphatic rings. The Morgan fingerprint density at radius 1 is 1.07 bits per heavy atom. The van der Waals surface area contributed by atoms with Gasteiger partial charge in [-0.2, -0.15) is 0 Å². The van der Waals surface area contributed by atoms with E-state index in [1.54, 1.807) is 11.3 Å². The van der Waals surface area contributed by atoms with Gasteiger partial charge in [0.25, 0.3) is 0 Å². The maximum absolute atomic E-state index is 6.09. The quantitative estimate of drug-likeness (QED) is 0.815. The van der Waals surface area contributed by atoms with Crippen molar-refractivity contribution >= 4 is 11.3 Å². The molecule has 2 heteroatoms. The maximum Gasteiger partial charge on any atom is 0.0343 e. The van der Waals surface area contributed by atoms with E-state index in [0.29, 0.717) is 0 Å². The molecule has 1 aromatic carbocycles. The van der Waals surface area contributed by atoms with Gasteiger partial charge in [-0.3, -0.25) is 0 Å². The summed E-state index contributed by atoms with van der Waals surface area (Å²) < 4.78 is 0. The zero-order valence-corrected chi connectivity index (χ0v) is 8.71. The number of hydrogen-bond acceptors (Lipinski definition) is 2. The predicted molar refractivity (Wildman–Crippen MR) is 61.4 cm³/mol. The molecule has 0 aliphatic carbocycles. The second-order valence-electron chi connectivity index (χ2n) is 3.30. The van der Waals surface area contributed by atoms with E-state index in [1.807, 2.05) is 18.2 Å². The monoisotopic (exact) mass is 203 g/mol. The molecular weight excluding hydrogens is 190 g/mol. The highest BCUT2D eigenvalue weighted by atomic mass is 32.1. The van der Waals surface area contributed by atoms with Gasteiger partial charge >= 0.3 is 0 Å². The first-order chi connectivity index (χ1) is 6.86. The van der Waals surface area contributed by atoms with E-state index in [-0.39, 0.29) is 6.04 Å². The van der Waals surface area contributed by atoms with Crippen molar-refractivity contribution in [1.82, 2.24) is 0 Å². The van der Waals surface area contributed by atoms with Gasteiger partial charge in [0.05, 0.1) is 0 Å². The number of rotatable bonds is 3. The fourth-order valence-corrected chi connectivity index (χ4v) is 2.23. The van der Waals surface area contributed by atoms with Crippen molar-refractivity contribution in [3.05, 3.63) is 58.3 Å². The lowest BCUT2D eigenvalue weighted by Crippen LogP contribution is -2.12. The number of nitrogens with two attached hydrogens (primary N) is 1. The van der Waals surface area contributed by atoms with Gasteiger partial charge in [0.1, 0.15) is 0 Å². The molecule has 1 heterocycles. The van der Waals surface area contributed by atoms with Crippen LogP contribution in [-0.4, -0.2) is 0 Å². The van der Waals surface area contributed by atoms with E-state index in [1.165, 1.54) is 10.4 Å². The summed E-state index contributed by atoms with van der Waals surface area (Å²) >= 11 is 1.77. The first kappa shape index (κ1) is 9.44. The van der Waals surface area contributed by atoms with Crippen molar-refractivity contribution in [3.63, 3.8) is 0 Å². The third-order valence-electron chi connectivity index (χ3n) is 2.23. The van der Waals surface area contributed by atoms with E-state index < -0.39 is 0 Å². The Morgan fingerprint density at radius 2 is 1.86 bits per heavy atom. The third-order valence-corrected chi connectivity index (χ3v) is 3.13. The van der Waals surface area contributed by atoms with Gasteiger partial charge in [-0.1, -0.05) is 36.4 Å². The molecule has 2 N–H and O–H groups in total. The molecule has 2 aromatic rings. The molecule has 0 fully saturated rings. The SMILES string of the molecule is NC(Cc1cccs1)c1ccccc1. The molecule has 0 saturated heterocycles. The Labute approximate surface area is 88.2 Å². The van der Waals surface area contributed by atoms with E-state index in [0.717, 1.165) is 6.42 Å². The Balaban J connectivity index is 2.07. The van der Waals surface area contributed by atoms with E-state index in [2.05, 4.69) is 29.6 Å². The van der Waals surface area contributed by atoms with Crippen LogP contribution in [-0.2, 0) is 6.42 Å². The fourth-order valence-electron chi connectivity index (χ4n) is 1.46. The van der Waals surface area contributed by atoms with Crippen molar-refractivity contribution < 1.29 is 0 Å². The summed E-state index contributed by atoms with van der Waals surface area (Å²) in [6.45, 7) is 0. The minimum Gasteiger partial charge on any atom is -0.324 e. The summed E-state index contributed by atoms with van der Waals surface area (Å²) in [6.07, 6.45) is 0.932. The maximum atomic E-state index is 6.09. The minimum absolute atomic E-state index is 0.120. The lowest BCUT2D eigenvalue weighted by molar-refractivity contribution is 0.730. The van der Waals surface area contributed by atoms with Crippen molar-refractivity contribution in [2.75, 3.05) is 0 Å². The zero-order chi connectivity index (χ0) is 9.80. The molecule has 14 heavy (non-hydrogen) atoms. The summed E-state index contributed by atoms with van der Waals surface area (Å²) in [5.74, 6) is 0. The Hall–Kier alpha value is -1.12. The van der Waals surface area contributed by atoms with Gasteiger partial charge in [-0.05, 0) is 17.0 Å². The van der Waals surface area contributed by atoms with Crippen LogP contribution in [0.15, 0.2) is 47.8 Å². The molecular formula is C12H13NS. The van der Waals surface area contributed by atoms with Crippen molar-refractivity contribution in [1.29, 1.82) is 0 Å². The number of benzene rings is 1. The average Bonchev–Trinajstić information content (AvgIpc) is 2.72. The van der Waals surface area contributed by atoms with E-state index in [4.69, 9.17) is 5.73 Å². The van der Waals surface area contributed by atoms with Crippen LogP contribution >= 0.6 is 11.3 Å². The predicted octanol–water partition coefficient (Wildman–Crippen LogP) is 2.99. The molecule has 0 amide bonds. The van der Waals surface area contributed by atoms with Gasteiger partial charge in [0.2, 0.25) is 0 Å². The number of hydrogen-bond donors (Lipinski definition) is 1. The van der Waals surface area contributed by atoms with Crippen molar-refractivity contribution in [2.24, 2.45) is 5.73 Å². The van der Waals surface area contributed by atoms with Crippen LogP contribution < -0.4 is 5.73 Å². The highest BCUT2D eigenvalue weighted by Crippen LogP contribution is 2.18. The topological polar surface area (TPSA) is 26.0 Å². The molecule has 0 aliphatic heterocycles. The molecule has 0 radical (unpaired) electrons. The highest BCUT2D eigenvalue weighted by molar-refractivity contribution is 7.09. The van der Waals surface area contributed by atoms with Gasteiger partial charge in [-0.25, -0.2) is 0 Å². The van der Waals surface area contributed by atoms with E-state index in [9.17, 15) is 0 Å². The zero-order valence-electron chi connectivity index (χ0n) is 7.89. The second kappa shape index (κ2) is 4.40. The molecule has 1 nitrogen and oxygen atoms in total. The van der Waals surface area contributed by atoms with Crippen LogP contribution in [0.1, 0.15) is 16.5 Å².